The van der Waals surface area contributed by atoms with Gasteiger partial charge in [-0.1, -0.05) is 26.0 Å². The molecule has 0 aromatic heterocycles. The fourth-order valence-corrected chi connectivity index (χ4v) is 1.77. The molecule has 100 valence electrons. The molecule has 0 heterocycles. The fourth-order valence-electron chi connectivity index (χ4n) is 1.77. The number of hydrogen-bond acceptors (Lipinski definition) is 3. The lowest BCUT2D eigenvalue weighted by Crippen LogP contribution is -2.37. The van der Waals surface area contributed by atoms with Gasteiger partial charge in [-0.3, -0.25) is 4.79 Å². The first-order valence-corrected chi connectivity index (χ1v) is 6.12. The van der Waals surface area contributed by atoms with Crippen LogP contribution in [-0.2, 0) is 11.3 Å². The Kier molecular flexibility index (Phi) is 5.65. The molecular weight excluding hydrogens is 230 g/mol. The Morgan fingerprint density at radius 1 is 1.44 bits per heavy atom. The van der Waals surface area contributed by atoms with E-state index in [1.165, 1.54) is 0 Å². The molecule has 2 N–H and O–H groups in total. The van der Waals surface area contributed by atoms with Crippen LogP contribution in [0.1, 0.15) is 25.8 Å². The van der Waals surface area contributed by atoms with Gasteiger partial charge in [0.1, 0.15) is 11.8 Å². The molecule has 0 aliphatic heterocycles. The number of hydrogen-bond donors (Lipinski definition) is 2. The Balaban J connectivity index is 2.58. The highest BCUT2D eigenvalue weighted by molar-refractivity contribution is 5.73. The molecule has 4 nitrogen and oxygen atoms in total. The van der Waals surface area contributed by atoms with Crippen molar-refractivity contribution in [2.24, 2.45) is 5.92 Å². The monoisotopic (exact) mass is 251 g/mol. The second kappa shape index (κ2) is 7.01. The second-order valence-corrected chi connectivity index (χ2v) is 4.75. The third-order valence-electron chi connectivity index (χ3n) is 2.69. The van der Waals surface area contributed by atoms with Crippen molar-refractivity contribution in [2.45, 2.75) is 32.9 Å². The van der Waals surface area contributed by atoms with Crippen molar-refractivity contribution < 1.29 is 14.6 Å². The number of rotatable bonds is 7. The topological polar surface area (TPSA) is 58.6 Å². The van der Waals surface area contributed by atoms with Gasteiger partial charge in [0.05, 0.1) is 7.11 Å². The third kappa shape index (κ3) is 4.75. The van der Waals surface area contributed by atoms with E-state index in [4.69, 9.17) is 9.84 Å². The van der Waals surface area contributed by atoms with Gasteiger partial charge in [-0.2, -0.15) is 0 Å². The zero-order valence-electron chi connectivity index (χ0n) is 11.1. The minimum Gasteiger partial charge on any atom is -0.497 e. The van der Waals surface area contributed by atoms with Crippen molar-refractivity contribution in [1.29, 1.82) is 0 Å². The summed E-state index contributed by atoms with van der Waals surface area (Å²) < 4.78 is 5.13. The van der Waals surface area contributed by atoms with Gasteiger partial charge in [-0.05, 0) is 30.0 Å². The number of carboxylic acid groups (broad SMARTS) is 1. The number of methoxy groups -OCH3 is 1. The van der Waals surface area contributed by atoms with Crippen molar-refractivity contribution in [1.82, 2.24) is 5.32 Å². The summed E-state index contributed by atoms with van der Waals surface area (Å²) in [5.74, 6) is 0.334. The molecule has 4 heteroatoms. The maximum atomic E-state index is 11.1. The molecular formula is C14H21NO3. The summed E-state index contributed by atoms with van der Waals surface area (Å²) in [6.45, 7) is 4.56. The quantitative estimate of drug-likeness (QED) is 0.780. The van der Waals surface area contributed by atoms with E-state index < -0.39 is 12.0 Å². The molecule has 0 saturated heterocycles. The van der Waals surface area contributed by atoms with E-state index in [0.717, 1.165) is 11.3 Å². The van der Waals surface area contributed by atoms with E-state index in [-0.39, 0.29) is 0 Å². The van der Waals surface area contributed by atoms with Gasteiger partial charge in [0.15, 0.2) is 0 Å². The molecule has 0 amide bonds. The van der Waals surface area contributed by atoms with Crippen molar-refractivity contribution >= 4 is 5.97 Å². The van der Waals surface area contributed by atoms with Gasteiger partial charge in [0.2, 0.25) is 0 Å². The van der Waals surface area contributed by atoms with Crippen LogP contribution < -0.4 is 10.1 Å². The summed E-state index contributed by atoms with van der Waals surface area (Å²) in [6.07, 6.45) is 0.624. The third-order valence-corrected chi connectivity index (χ3v) is 2.69. The van der Waals surface area contributed by atoms with E-state index >= 15 is 0 Å². The highest BCUT2D eigenvalue weighted by atomic mass is 16.5. The molecule has 0 fully saturated rings. The Bertz CT molecular complexity index is 390. The first kappa shape index (κ1) is 14.5. The van der Waals surface area contributed by atoms with Crippen LogP contribution in [0.25, 0.3) is 0 Å². The zero-order valence-corrected chi connectivity index (χ0v) is 11.1. The predicted octanol–water partition coefficient (Wildman–Crippen LogP) is 2.28. The Hall–Kier alpha value is -1.55. The lowest BCUT2D eigenvalue weighted by atomic mass is 10.0. The van der Waals surface area contributed by atoms with Crippen molar-refractivity contribution in [3.8, 4) is 5.75 Å². The van der Waals surface area contributed by atoms with E-state index in [9.17, 15) is 4.79 Å². The van der Waals surface area contributed by atoms with Crippen LogP contribution in [0.4, 0.5) is 0 Å². The highest BCUT2D eigenvalue weighted by Crippen LogP contribution is 2.13. The Labute approximate surface area is 108 Å². The van der Waals surface area contributed by atoms with Crippen LogP contribution in [0.3, 0.4) is 0 Å². The lowest BCUT2D eigenvalue weighted by Gasteiger charge is -2.16. The number of ether oxygens (including phenoxy) is 1. The average molecular weight is 251 g/mol. The van der Waals surface area contributed by atoms with Gasteiger partial charge in [-0.15, -0.1) is 0 Å². The first-order chi connectivity index (χ1) is 8.52. The first-order valence-electron chi connectivity index (χ1n) is 6.12. The van der Waals surface area contributed by atoms with Crippen LogP contribution >= 0.6 is 0 Å². The van der Waals surface area contributed by atoms with Gasteiger partial charge in [0, 0.05) is 6.54 Å². The summed E-state index contributed by atoms with van der Waals surface area (Å²) in [6, 6.07) is 7.11. The average Bonchev–Trinajstić information content (AvgIpc) is 2.34. The van der Waals surface area contributed by atoms with Gasteiger partial charge in [0.25, 0.3) is 0 Å². The maximum absolute atomic E-state index is 11.1. The molecule has 0 radical (unpaired) electrons. The molecule has 1 unspecified atom stereocenters. The van der Waals surface area contributed by atoms with Crippen LogP contribution in [0, 0.1) is 5.92 Å². The lowest BCUT2D eigenvalue weighted by molar-refractivity contribution is -0.140. The fraction of sp³-hybridized carbons (Fsp3) is 0.500. The summed E-state index contributed by atoms with van der Waals surface area (Å²) >= 11 is 0. The number of benzene rings is 1. The standard InChI is InChI=1S/C14H21NO3/c1-10(2)7-13(14(16)17)15-9-11-5-4-6-12(8-11)18-3/h4-6,8,10,13,15H,7,9H2,1-3H3,(H,16,17). The molecule has 18 heavy (non-hydrogen) atoms. The second-order valence-electron chi connectivity index (χ2n) is 4.75. The number of nitrogens with one attached hydrogen (secondary N) is 1. The van der Waals surface area contributed by atoms with Gasteiger partial charge < -0.3 is 15.2 Å². The minimum absolute atomic E-state index is 0.351. The van der Waals surface area contributed by atoms with Crippen molar-refractivity contribution in [3.05, 3.63) is 29.8 Å². The number of carboxylic acids is 1. The minimum atomic E-state index is -0.799. The van der Waals surface area contributed by atoms with Crippen LogP contribution in [0.2, 0.25) is 0 Å². The van der Waals surface area contributed by atoms with Crippen LogP contribution in [0.15, 0.2) is 24.3 Å². The summed E-state index contributed by atoms with van der Waals surface area (Å²) in [5, 5.41) is 12.2. The van der Waals surface area contributed by atoms with E-state index in [0.29, 0.717) is 18.9 Å². The van der Waals surface area contributed by atoms with Gasteiger partial charge >= 0.3 is 5.97 Å². The number of aliphatic carboxylic acids is 1. The number of carbonyl (C=O) groups is 1. The van der Waals surface area contributed by atoms with E-state index in [1.54, 1.807) is 7.11 Å². The molecule has 1 atom stereocenters. The zero-order chi connectivity index (χ0) is 13.5. The highest BCUT2D eigenvalue weighted by Gasteiger charge is 2.17. The van der Waals surface area contributed by atoms with Gasteiger partial charge in [-0.25, -0.2) is 0 Å². The largest absolute Gasteiger partial charge is 0.497 e. The molecule has 0 spiro atoms. The Morgan fingerprint density at radius 2 is 2.17 bits per heavy atom. The summed E-state index contributed by atoms with van der Waals surface area (Å²) in [5.41, 5.74) is 1.02. The Morgan fingerprint density at radius 3 is 2.72 bits per heavy atom. The predicted molar refractivity (Wildman–Crippen MR) is 70.7 cm³/mol. The molecule has 0 aliphatic carbocycles. The summed E-state index contributed by atoms with van der Waals surface area (Å²) in [4.78, 5) is 11.1. The summed E-state index contributed by atoms with van der Waals surface area (Å²) in [7, 11) is 1.62. The van der Waals surface area contributed by atoms with Crippen LogP contribution in [-0.4, -0.2) is 24.2 Å². The van der Waals surface area contributed by atoms with E-state index in [1.807, 2.05) is 38.1 Å². The van der Waals surface area contributed by atoms with Crippen molar-refractivity contribution in [3.63, 3.8) is 0 Å². The maximum Gasteiger partial charge on any atom is 0.320 e. The molecule has 0 bridgehead atoms. The molecule has 0 aliphatic rings. The van der Waals surface area contributed by atoms with E-state index in [2.05, 4.69) is 5.32 Å². The van der Waals surface area contributed by atoms with Crippen LogP contribution in [0.5, 0.6) is 5.75 Å². The van der Waals surface area contributed by atoms with Crippen molar-refractivity contribution in [2.75, 3.05) is 7.11 Å². The normalized spacial score (nSPS) is 12.4. The SMILES string of the molecule is COc1cccc(CNC(CC(C)C)C(=O)O)c1. The molecule has 1 rings (SSSR count). The molecule has 1 aromatic carbocycles. The molecule has 0 saturated carbocycles. The molecule has 1 aromatic rings. The smallest absolute Gasteiger partial charge is 0.320 e.